The molecule has 1 atom stereocenters. The maximum Gasteiger partial charge on any atom is 0.191 e. The molecule has 1 aromatic heterocycles. The lowest BCUT2D eigenvalue weighted by Gasteiger charge is -2.17. The summed E-state index contributed by atoms with van der Waals surface area (Å²) in [7, 11) is 0. The normalized spacial score (nSPS) is 13.2. The van der Waals surface area contributed by atoms with Gasteiger partial charge in [-0.2, -0.15) is 0 Å². The van der Waals surface area contributed by atoms with Crippen LogP contribution in [-0.2, 0) is 13.0 Å². The molecule has 0 aliphatic carbocycles. The van der Waals surface area contributed by atoms with Crippen molar-refractivity contribution in [1.29, 1.82) is 0 Å². The first-order valence-corrected chi connectivity index (χ1v) is 8.69. The van der Waals surface area contributed by atoms with E-state index in [9.17, 15) is 0 Å². The largest absolute Gasteiger partial charge is 0.359 e. The van der Waals surface area contributed by atoms with Crippen LogP contribution in [0.2, 0.25) is 0 Å². The summed E-state index contributed by atoms with van der Waals surface area (Å²) in [5.41, 5.74) is 0.980. The molecule has 1 aromatic rings. The van der Waals surface area contributed by atoms with Gasteiger partial charge in [-0.25, -0.2) is 4.99 Å². The van der Waals surface area contributed by atoms with Gasteiger partial charge in [0.15, 0.2) is 11.7 Å². The minimum atomic E-state index is 0.522. The van der Waals surface area contributed by atoms with E-state index >= 15 is 0 Å². The van der Waals surface area contributed by atoms with Crippen LogP contribution in [0.25, 0.3) is 0 Å². The molecule has 0 aliphatic heterocycles. The van der Waals surface area contributed by atoms with Gasteiger partial charge in [-0.3, -0.25) is 0 Å². The number of unbranched alkanes of at least 4 members (excludes halogenated alkanes) is 1. The molecule has 0 amide bonds. The van der Waals surface area contributed by atoms with Gasteiger partial charge in [0.25, 0.3) is 0 Å². The van der Waals surface area contributed by atoms with Crippen LogP contribution in [-0.4, -0.2) is 24.2 Å². The molecule has 0 saturated heterocycles. The molecule has 1 unspecified atom stereocenters. The van der Waals surface area contributed by atoms with Crippen molar-refractivity contribution >= 4 is 5.96 Å². The molecule has 2 N–H and O–H groups in total. The second-order valence-electron chi connectivity index (χ2n) is 5.63. The lowest BCUT2D eigenvalue weighted by Crippen LogP contribution is -2.39. The Morgan fingerprint density at radius 3 is 2.68 bits per heavy atom. The van der Waals surface area contributed by atoms with Crippen LogP contribution >= 0.6 is 0 Å². The van der Waals surface area contributed by atoms with Crippen LogP contribution in [0.15, 0.2) is 15.6 Å². The molecule has 0 aliphatic rings. The first kappa shape index (κ1) is 18.5. The van der Waals surface area contributed by atoms with E-state index in [1.54, 1.807) is 0 Å². The summed E-state index contributed by atoms with van der Waals surface area (Å²) in [4.78, 5) is 4.58. The molecule has 0 radical (unpaired) electrons. The first-order valence-electron chi connectivity index (χ1n) is 8.69. The van der Waals surface area contributed by atoms with Crippen molar-refractivity contribution in [2.24, 2.45) is 10.9 Å². The molecule has 5 heteroatoms. The highest BCUT2D eigenvalue weighted by Gasteiger charge is 2.07. The summed E-state index contributed by atoms with van der Waals surface area (Å²) < 4.78 is 5.27. The molecule has 0 saturated carbocycles. The van der Waals surface area contributed by atoms with Crippen LogP contribution in [0.5, 0.6) is 0 Å². The lowest BCUT2D eigenvalue weighted by atomic mass is 9.99. The van der Waals surface area contributed by atoms with Crippen molar-refractivity contribution in [3.8, 4) is 0 Å². The zero-order chi connectivity index (χ0) is 16.2. The number of hydrogen-bond acceptors (Lipinski definition) is 3. The number of aryl methyl sites for hydroxylation is 1. The van der Waals surface area contributed by atoms with Gasteiger partial charge in [0.05, 0.1) is 5.69 Å². The topological polar surface area (TPSA) is 62.5 Å². The summed E-state index contributed by atoms with van der Waals surface area (Å²) in [6.07, 6.45) is 5.93. The van der Waals surface area contributed by atoms with Crippen molar-refractivity contribution in [3.63, 3.8) is 0 Å². The van der Waals surface area contributed by atoms with Gasteiger partial charge in [0.1, 0.15) is 6.54 Å². The van der Waals surface area contributed by atoms with Crippen molar-refractivity contribution in [2.75, 3.05) is 13.1 Å². The number of hydrogen-bond donors (Lipinski definition) is 2. The highest BCUT2D eigenvalue weighted by Crippen LogP contribution is 2.11. The smallest absolute Gasteiger partial charge is 0.191 e. The van der Waals surface area contributed by atoms with Gasteiger partial charge in [0, 0.05) is 19.2 Å². The Hall–Kier alpha value is -1.52. The molecule has 0 bridgehead atoms. The highest BCUT2D eigenvalue weighted by molar-refractivity contribution is 5.79. The van der Waals surface area contributed by atoms with Gasteiger partial charge < -0.3 is 15.2 Å². The van der Waals surface area contributed by atoms with Crippen molar-refractivity contribution < 1.29 is 4.52 Å². The third-order valence-electron chi connectivity index (χ3n) is 3.81. The van der Waals surface area contributed by atoms with E-state index in [4.69, 9.17) is 4.52 Å². The predicted octanol–water partition coefficient (Wildman–Crippen LogP) is 3.51. The quantitative estimate of drug-likeness (QED) is 0.513. The molecule has 1 rings (SSSR count). The third kappa shape index (κ3) is 6.96. The predicted molar refractivity (Wildman–Crippen MR) is 92.0 cm³/mol. The molecular formula is C17H32N4O. The zero-order valence-electron chi connectivity index (χ0n) is 14.6. The zero-order valence-corrected chi connectivity index (χ0v) is 14.6. The molecule has 0 fully saturated rings. The maximum absolute atomic E-state index is 5.27. The van der Waals surface area contributed by atoms with E-state index in [-0.39, 0.29) is 0 Å². The summed E-state index contributed by atoms with van der Waals surface area (Å²) in [6, 6.07) is 1.98. The Morgan fingerprint density at radius 1 is 1.27 bits per heavy atom. The Kier molecular flexibility index (Phi) is 9.35. The molecule has 5 nitrogen and oxygen atoms in total. The van der Waals surface area contributed by atoms with Crippen molar-refractivity contribution in [2.45, 2.75) is 66.3 Å². The van der Waals surface area contributed by atoms with Gasteiger partial charge in [-0.1, -0.05) is 45.2 Å². The fourth-order valence-corrected chi connectivity index (χ4v) is 2.28. The van der Waals surface area contributed by atoms with E-state index in [1.165, 1.54) is 25.7 Å². The molecular weight excluding hydrogens is 276 g/mol. The number of nitrogens with one attached hydrogen (secondary N) is 2. The highest BCUT2D eigenvalue weighted by atomic mass is 16.5. The molecule has 1 heterocycles. The fourth-order valence-electron chi connectivity index (χ4n) is 2.28. The number of guanidine groups is 1. The van der Waals surface area contributed by atoms with E-state index in [0.717, 1.165) is 36.9 Å². The minimum Gasteiger partial charge on any atom is -0.359 e. The average Bonchev–Trinajstić information content (AvgIpc) is 3.00. The van der Waals surface area contributed by atoms with Crippen molar-refractivity contribution in [3.05, 3.63) is 17.5 Å². The Morgan fingerprint density at radius 2 is 2.09 bits per heavy atom. The van der Waals surface area contributed by atoms with E-state index in [1.807, 2.05) is 6.07 Å². The number of nitrogens with zero attached hydrogens (tertiary/aromatic N) is 2. The Bertz CT molecular complexity index is 428. The minimum absolute atomic E-state index is 0.522. The summed E-state index contributed by atoms with van der Waals surface area (Å²) in [6.45, 7) is 11.0. The Balaban J connectivity index is 2.50. The maximum atomic E-state index is 5.27. The second-order valence-corrected chi connectivity index (χ2v) is 5.63. The number of aliphatic imine (C=N–C) groups is 1. The molecule has 0 spiro atoms. The molecule has 0 aromatic carbocycles. The Labute approximate surface area is 135 Å². The first-order chi connectivity index (χ1) is 10.7. The van der Waals surface area contributed by atoms with Gasteiger partial charge in [0.2, 0.25) is 0 Å². The van der Waals surface area contributed by atoms with Crippen LogP contribution in [0.3, 0.4) is 0 Å². The SMILES string of the molecule is CCCCC(CC)CNC(=NCc1cc(CC)no1)NCC. The van der Waals surface area contributed by atoms with Gasteiger partial charge in [-0.05, 0) is 25.7 Å². The fraction of sp³-hybridized carbons (Fsp3) is 0.765. The average molecular weight is 308 g/mol. The lowest BCUT2D eigenvalue weighted by molar-refractivity contribution is 0.379. The summed E-state index contributed by atoms with van der Waals surface area (Å²) in [5.74, 6) is 2.37. The van der Waals surface area contributed by atoms with Gasteiger partial charge >= 0.3 is 0 Å². The van der Waals surface area contributed by atoms with E-state index < -0.39 is 0 Å². The molecule has 22 heavy (non-hydrogen) atoms. The van der Waals surface area contributed by atoms with Crippen LogP contribution in [0, 0.1) is 5.92 Å². The van der Waals surface area contributed by atoms with Crippen LogP contribution in [0.4, 0.5) is 0 Å². The second kappa shape index (κ2) is 11.1. The van der Waals surface area contributed by atoms with Crippen LogP contribution in [0.1, 0.15) is 64.8 Å². The van der Waals surface area contributed by atoms with Crippen molar-refractivity contribution in [1.82, 2.24) is 15.8 Å². The van der Waals surface area contributed by atoms with E-state index in [0.29, 0.717) is 12.5 Å². The van der Waals surface area contributed by atoms with Crippen LogP contribution < -0.4 is 10.6 Å². The summed E-state index contributed by atoms with van der Waals surface area (Å²) in [5, 5.41) is 10.7. The monoisotopic (exact) mass is 308 g/mol. The summed E-state index contributed by atoms with van der Waals surface area (Å²) >= 11 is 0. The van der Waals surface area contributed by atoms with E-state index in [2.05, 4.69) is 48.5 Å². The van der Waals surface area contributed by atoms with Gasteiger partial charge in [-0.15, -0.1) is 0 Å². The molecule has 126 valence electrons. The standard InChI is InChI=1S/C17H32N4O/c1-5-9-10-14(6-2)12-19-17(18-8-4)20-13-16-11-15(7-3)21-22-16/h11,14H,5-10,12-13H2,1-4H3,(H2,18,19,20). The third-order valence-corrected chi connectivity index (χ3v) is 3.81. The number of rotatable bonds is 10. The number of aromatic nitrogens is 1.